The normalized spacial score (nSPS) is 16.6. The fourth-order valence-corrected chi connectivity index (χ4v) is 2.81. The highest BCUT2D eigenvalue weighted by Gasteiger charge is 2.23. The van der Waals surface area contributed by atoms with Crippen LogP contribution < -0.4 is 0 Å². The van der Waals surface area contributed by atoms with Gasteiger partial charge in [-0.05, 0) is 16.8 Å². The second kappa shape index (κ2) is 4.41. The Hall–Kier alpha value is -1.89. The zero-order chi connectivity index (χ0) is 12.5. The molecule has 0 fully saturated rings. The van der Waals surface area contributed by atoms with Gasteiger partial charge in [-0.15, -0.1) is 0 Å². The molecule has 0 unspecified atom stereocenters. The van der Waals surface area contributed by atoms with Crippen molar-refractivity contribution in [3.63, 3.8) is 0 Å². The van der Waals surface area contributed by atoms with Crippen LogP contribution in [0.15, 0.2) is 54.2 Å². The van der Waals surface area contributed by atoms with E-state index in [4.69, 9.17) is 0 Å². The molecule has 1 heterocycles. The van der Waals surface area contributed by atoms with Crippen molar-refractivity contribution < 1.29 is 4.58 Å². The maximum atomic E-state index is 2.38. The Balaban J connectivity index is 2.12. The van der Waals surface area contributed by atoms with Crippen molar-refractivity contribution in [1.82, 2.24) is 0 Å². The Morgan fingerprint density at radius 3 is 2.61 bits per heavy atom. The minimum Gasteiger partial charge on any atom is -0.200 e. The third kappa shape index (κ3) is 1.76. The van der Waals surface area contributed by atoms with Crippen LogP contribution in [-0.2, 0) is 0 Å². The lowest BCUT2D eigenvalue weighted by Gasteiger charge is -2.12. The molecule has 1 heteroatoms. The quantitative estimate of drug-likeness (QED) is 0.684. The standard InChI is InChI=1S/C17H18N/c1-13-7-6-12-18(13)14(2)16-11-5-9-15-8-3-4-10-17(15)16/h3-5,7-12,14H,6H2,1-2H3/q+1/t14-/m0/s1. The third-order valence-electron chi connectivity index (χ3n) is 3.81. The van der Waals surface area contributed by atoms with Gasteiger partial charge in [0.1, 0.15) is 6.21 Å². The van der Waals surface area contributed by atoms with E-state index < -0.39 is 0 Å². The van der Waals surface area contributed by atoms with Crippen molar-refractivity contribution in [2.75, 3.05) is 0 Å². The Kier molecular flexibility index (Phi) is 2.75. The Morgan fingerprint density at radius 2 is 1.83 bits per heavy atom. The fraction of sp³-hybridized carbons (Fsp3) is 0.235. The van der Waals surface area contributed by atoms with Gasteiger partial charge in [-0.2, -0.15) is 4.58 Å². The van der Waals surface area contributed by atoms with Gasteiger partial charge in [-0.25, -0.2) is 0 Å². The number of nitrogens with zero attached hydrogens (tertiary/aromatic N) is 1. The molecule has 1 atom stereocenters. The van der Waals surface area contributed by atoms with Crippen molar-refractivity contribution in [1.29, 1.82) is 0 Å². The molecule has 0 amide bonds. The second-order valence-electron chi connectivity index (χ2n) is 4.92. The van der Waals surface area contributed by atoms with Crippen molar-refractivity contribution in [2.45, 2.75) is 26.3 Å². The number of benzene rings is 2. The molecule has 2 aromatic carbocycles. The van der Waals surface area contributed by atoms with E-state index in [-0.39, 0.29) is 0 Å². The summed E-state index contributed by atoms with van der Waals surface area (Å²) in [5.41, 5.74) is 2.76. The summed E-state index contributed by atoms with van der Waals surface area (Å²) in [7, 11) is 0. The summed E-state index contributed by atoms with van der Waals surface area (Å²) in [6.07, 6.45) is 5.62. The summed E-state index contributed by atoms with van der Waals surface area (Å²) in [5.74, 6) is 0. The molecule has 0 spiro atoms. The molecular weight excluding hydrogens is 218 g/mol. The van der Waals surface area contributed by atoms with Gasteiger partial charge in [0.05, 0.1) is 0 Å². The molecule has 90 valence electrons. The van der Waals surface area contributed by atoms with E-state index in [1.807, 2.05) is 0 Å². The summed E-state index contributed by atoms with van der Waals surface area (Å²) in [4.78, 5) is 0. The molecule has 3 rings (SSSR count). The van der Waals surface area contributed by atoms with Crippen molar-refractivity contribution >= 4 is 17.0 Å². The maximum Gasteiger partial charge on any atom is 0.181 e. The van der Waals surface area contributed by atoms with Gasteiger partial charge in [0.15, 0.2) is 11.7 Å². The number of rotatable bonds is 2. The minimum absolute atomic E-state index is 0.398. The van der Waals surface area contributed by atoms with Crippen molar-refractivity contribution in [2.24, 2.45) is 0 Å². The Morgan fingerprint density at radius 1 is 1.06 bits per heavy atom. The zero-order valence-corrected chi connectivity index (χ0v) is 10.9. The maximum absolute atomic E-state index is 2.38. The van der Waals surface area contributed by atoms with E-state index in [1.54, 1.807) is 0 Å². The lowest BCUT2D eigenvalue weighted by atomic mass is 9.99. The number of fused-ring (bicyclic) bond motifs is 1. The first kappa shape index (κ1) is 11.2. The first-order valence-electron chi connectivity index (χ1n) is 6.53. The van der Waals surface area contributed by atoms with E-state index in [0.29, 0.717) is 6.04 Å². The number of hydrogen-bond donors (Lipinski definition) is 0. The molecule has 0 saturated heterocycles. The van der Waals surface area contributed by atoms with Crippen LogP contribution >= 0.6 is 0 Å². The SMILES string of the molecule is CC1=CCC=[N+]1[C@@H](C)c1cccc2ccccc12. The van der Waals surface area contributed by atoms with E-state index in [0.717, 1.165) is 6.42 Å². The van der Waals surface area contributed by atoms with Crippen LogP contribution in [0, 0.1) is 0 Å². The van der Waals surface area contributed by atoms with Gasteiger partial charge >= 0.3 is 0 Å². The lowest BCUT2D eigenvalue weighted by molar-refractivity contribution is -0.513. The number of hydrogen-bond acceptors (Lipinski definition) is 0. The highest BCUT2D eigenvalue weighted by atomic mass is 15.0. The lowest BCUT2D eigenvalue weighted by Crippen LogP contribution is -2.13. The van der Waals surface area contributed by atoms with E-state index >= 15 is 0 Å². The predicted molar refractivity (Wildman–Crippen MR) is 77.1 cm³/mol. The van der Waals surface area contributed by atoms with Crippen molar-refractivity contribution in [3.8, 4) is 0 Å². The predicted octanol–water partition coefficient (Wildman–Crippen LogP) is 4.29. The third-order valence-corrected chi connectivity index (χ3v) is 3.81. The molecular formula is C17H18N+. The largest absolute Gasteiger partial charge is 0.200 e. The summed E-state index contributed by atoms with van der Waals surface area (Å²) in [6.45, 7) is 4.46. The van der Waals surface area contributed by atoms with Gasteiger partial charge in [0.25, 0.3) is 0 Å². The summed E-state index contributed by atoms with van der Waals surface area (Å²) in [5, 5.41) is 2.68. The number of allylic oxidation sites excluding steroid dienone is 2. The fourth-order valence-electron chi connectivity index (χ4n) is 2.81. The van der Waals surface area contributed by atoms with Crippen LogP contribution in [0.5, 0.6) is 0 Å². The molecule has 18 heavy (non-hydrogen) atoms. The first-order chi connectivity index (χ1) is 8.77. The average Bonchev–Trinajstić information content (AvgIpc) is 2.83. The van der Waals surface area contributed by atoms with Crippen LogP contribution in [0.25, 0.3) is 10.8 Å². The molecule has 0 saturated carbocycles. The minimum atomic E-state index is 0.398. The van der Waals surface area contributed by atoms with Gasteiger partial charge in [-0.1, -0.05) is 42.5 Å². The van der Waals surface area contributed by atoms with E-state index in [9.17, 15) is 0 Å². The molecule has 1 aliphatic heterocycles. The van der Waals surface area contributed by atoms with Crippen LogP contribution in [0.2, 0.25) is 0 Å². The van der Waals surface area contributed by atoms with E-state index in [1.165, 1.54) is 22.0 Å². The van der Waals surface area contributed by atoms with Gasteiger partial charge < -0.3 is 0 Å². The van der Waals surface area contributed by atoms with Gasteiger partial charge in [0, 0.05) is 25.8 Å². The summed E-state index contributed by atoms with van der Waals surface area (Å²) in [6, 6.07) is 15.6. The van der Waals surface area contributed by atoms with Crippen LogP contribution in [0.3, 0.4) is 0 Å². The molecule has 0 radical (unpaired) electrons. The molecule has 2 aromatic rings. The highest BCUT2D eigenvalue weighted by molar-refractivity contribution is 5.86. The summed E-state index contributed by atoms with van der Waals surface area (Å²) >= 11 is 0. The first-order valence-corrected chi connectivity index (χ1v) is 6.53. The van der Waals surface area contributed by atoms with Crippen LogP contribution in [0.1, 0.15) is 31.9 Å². The van der Waals surface area contributed by atoms with Crippen molar-refractivity contribution in [3.05, 3.63) is 59.8 Å². The van der Waals surface area contributed by atoms with Crippen LogP contribution in [0.4, 0.5) is 0 Å². The molecule has 0 N–H and O–H groups in total. The Bertz CT molecular complexity index is 644. The Labute approximate surface area is 108 Å². The average molecular weight is 236 g/mol. The highest BCUT2D eigenvalue weighted by Crippen LogP contribution is 2.28. The molecule has 0 bridgehead atoms. The van der Waals surface area contributed by atoms with Crippen LogP contribution in [-0.4, -0.2) is 10.8 Å². The zero-order valence-electron chi connectivity index (χ0n) is 10.9. The molecule has 0 aromatic heterocycles. The molecule has 1 nitrogen and oxygen atoms in total. The molecule has 0 aliphatic carbocycles. The van der Waals surface area contributed by atoms with E-state index in [2.05, 4.69) is 73.2 Å². The smallest absolute Gasteiger partial charge is 0.181 e. The second-order valence-corrected chi connectivity index (χ2v) is 4.92. The van der Waals surface area contributed by atoms with Gasteiger partial charge in [-0.3, -0.25) is 0 Å². The van der Waals surface area contributed by atoms with Gasteiger partial charge in [0.2, 0.25) is 0 Å². The molecule has 1 aliphatic rings. The monoisotopic (exact) mass is 236 g/mol. The summed E-state index contributed by atoms with van der Waals surface area (Å²) < 4.78 is 2.38. The topological polar surface area (TPSA) is 3.01 Å².